The highest BCUT2D eigenvalue weighted by molar-refractivity contribution is 6.24. The SMILES string of the molecule is CN(C)[C@@H]1C(=O)C(C(N)=O)=C(O)[C@@]2(O)C(=O)C3=C(O)c4c(O)c(NC(=O)CNc5ccccc5)cc(F)c4C[C@H]3C[C@@H]12.Cl.Cl. The van der Waals surface area contributed by atoms with Crippen molar-refractivity contribution >= 4 is 65.3 Å². The number of amides is 2. The Morgan fingerprint density at radius 3 is 2.34 bits per heavy atom. The highest BCUT2D eigenvalue weighted by atomic mass is 35.5. The number of para-hydroxylation sites is 1. The van der Waals surface area contributed by atoms with Crippen LogP contribution in [0.1, 0.15) is 17.5 Å². The average molecular weight is 653 g/mol. The quantitative estimate of drug-likeness (QED) is 0.179. The van der Waals surface area contributed by atoms with Gasteiger partial charge in [0.25, 0.3) is 5.91 Å². The van der Waals surface area contributed by atoms with E-state index in [-0.39, 0.29) is 55.5 Å². The van der Waals surface area contributed by atoms with E-state index in [2.05, 4.69) is 10.6 Å². The topological polar surface area (TPSA) is 203 Å². The number of nitrogens with one attached hydrogen (secondary N) is 2. The zero-order valence-electron chi connectivity index (χ0n) is 23.5. The van der Waals surface area contributed by atoms with E-state index in [0.717, 1.165) is 6.07 Å². The number of aliphatic hydroxyl groups excluding tert-OH is 2. The molecule has 0 bridgehead atoms. The number of primary amides is 1. The maximum Gasteiger partial charge on any atom is 0.255 e. The third-order valence-electron chi connectivity index (χ3n) is 8.17. The molecule has 5 rings (SSSR count). The zero-order valence-corrected chi connectivity index (χ0v) is 25.1. The summed E-state index contributed by atoms with van der Waals surface area (Å²) < 4.78 is 15.4. The second-order valence-corrected chi connectivity index (χ2v) is 10.8. The minimum absolute atomic E-state index is 0. The maximum atomic E-state index is 15.4. The summed E-state index contributed by atoms with van der Waals surface area (Å²) in [5.74, 6) is -9.96. The molecule has 44 heavy (non-hydrogen) atoms. The number of nitrogens with zero attached hydrogens (tertiary/aromatic N) is 1. The number of aliphatic hydroxyl groups is 3. The van der Waals surface area contributed by atoms with E-state index in [9.17, 15) is 39.6 Å². The number of fused-ring (bicyclic) bond motifs is 3. The van der Waals surface area contributed by atoms with Crippen molar-refractivity contribution in [2.45, 2.75) is 24.5 Å². The number of carbonyl (C=O) groups is 4. The van der Waals surface area contributed by atoms with Crippen LogP contribution in [0.2, 0.25) is 0 Å². The zero-order chi connectivity index (χ0) is 30.7. The molecule has 4 atom stereocenters. The van der Waals surface area contributed by atoms with Gasteiger partial charge in [0.05, 0.1) is 23.8 Å². The number of Topliss-reactive ketones (excluding diaryl/α,β-unsaturated/α-hetero) is 2. The maximum absolute atomic E-state index is 15.4. The minimum atomic E-state index is -2.81. The Morgan fingerprint density at radius 1 is 1.11 bits per heavy atom. The van der Waals surface area contributed by atoms with Crippen LogP contribution in [0.15, 0.2) is 53.3 Å². The number of aromatic hydroxyl groups is 1. The summed E-state index contributed by atoms with van der Waals surface area (Å²) in [6.45, 7) is -0.232. The van der Waals surface area contributed by atoms with Gasteiger partial charge in [-0.05, 0) is 45.0 Å². The van der Waals surface area contributed by atoms with Crippen LogP contribution in [-0.4, -0.2) is 81.0 Å². The van der Waals surface area contributed by atoms with Crippen molar-refractivity contribution in [1.29, 1.82) is 0 Å². The lowest BCUT2D eigenvalue weighted by Gasteiger charge is -2.50. The fraction of sp³-hybridized carbons (Fsp3) is 0.310. The number of benzene rings is 2. The molecule has 236 valence electrons. The summed E-state index contributed by atoms with van der Waals surface area (Å²) in [4.78, 5) is 53.0. The number of halogens is 3. The molecule has 8 N–H and O–H groups in total. The van der Waals surface area contributed by atoms with Gasteiger partial charge in [-0.2, -0.15) is 0 Å². The molecule has 2 aromatic rings. The second kappa shape index (κ2) is 12.4. The molecule has 3 aliphatic carbocycles. The first-order valence-corrected chi connectivity index (χ1v) is 13.1. The highest BCUT2D eigenvalue weighted by Gasteiger charge is 2.64. The van der Waals surface area contributed by atoms with Gasteiger partial charge in [0.1, 0.15) is 22.9 Å². The summed E-state index contributed by atoms with van der Waals surface area (Å²) in [6.07, 6.45) is -0.382. The van der Waals surface area contributed by atoms with Crippen molar-refractivity contribution < 1.29 is 44.0 Å². The molecule has 0 radical (unpaired) electrons. The molecule has 12 nitrogen and oxygen atoms in total. The molecule has 15 heteroatoms. The molecule has 2 amide bonds. The molecule has 0 heterocycles. The number of nitrogens with two attached hydrogens (primary N) is 1. The summed E-state index contributed by atoms with van der Waals surface area (Å²) in [5, 5.41) is 50.1. The predicted molar refractivity (Wildman–Crippen MR) is 162 cm³/mol. The van der Waals surface area contributed by atoms with Crippen molar-refractivity contribution in [2.24, 2.45) is 17.6 Å². The number of ketones is 2. The van der Waals surface area contributed by atoms with Crippen molar-refractivity contribution in [3.8, 4) is 5.75 Å². The standard InChI is InChI=1S/C29H29FN4O8.2ClH/c1-34(2)22-15-9-12-8-14-16(30)10-17(33-18(35)11-32-13-6-4-3-5-7-13)23(36)20(14)24(37)19(12)26(39)29(15,42)27(40)21(25(22)38)28(31)41;;/h3-7,10,12,15,22,32,36-37,40,42H,8-9,11H2,1-2H3,(H2,31,41)(H,33,35);2*1H/t12-,15-,22-,29-;;/m0../s1. The number of phenols is 1. The highest BCUT2D eigenvalue weighted by Crippen LogP contribution is 2.53. The van der Waals surface area contributed by atoms with Gasteiger partial charge in [0, 0.05) is 28.8 Å². The first-order valence-electron chi connectivity index (χ1n) is 13.1. The first-order chi connectivity index (χ1) is 19.8. The van der Waals surface area contributed by atoms with E-state index in [1.54, 1.807) is 30.3 Å². The van der Waals surface area contributed by atoms with Gasteiger partial charge in [-0.3, -0.25) is 24.1 Å². The van der Waals surface area contributed by atoms with E-state index in [1.165, 1.54) is 19.0 Å². The Bertz CT molecular complexity index is 1610. The number of anilines is 2. The lowest BCUT2D eigenvalue weighted by atomic mass is 9.57. The van der Waals surface area contributed by atoms with Gasteiger partial charge < -0.3 is 36.8 Å². The van der Waals surface area contributed by atoms with E-state index in [1.807, 2.05) is 0 Å². The Kier molecular flexibility index (Phi) is 9.71. The van der Waals surface area contributed by atoms with Crippen molar-refractivity contribution in [3.05, 3.63) is 70.2 Å². The molecule has 0 saturated heterocycles. The number of hydrogen-bond donors (Lipinski definition) is 7. The van der Waals surface area contributed by atoms with Crippen LogP contribution in [0.3, 0.4) is 0 Å². The molecular weight excluding hydrogens is 622 g/mol. The van der Waals surface area contributed by atoms with Crippen LogP contribution in [0.25, 0.3) is 5.76 Å². The van der Waals surface area contributed by atoms with E-state index in [4.69, 9.17) is 5.73 Å². The number of carbonyl (C=O) groups excluding carboxylic acids is 4. The first kappa shape index (κ1) is 34.3. The molecule has 2 aromatic carbocycles. The smallest absolute Gasteiger partial charge is 0.255 e. The van der Waals surface area contributed by atoms with Gasteiger partial charge in [0.2, 0.25) is 11.7 Å². The Morgan fingerprint density at radius 2 is 1.75 bits per heavy atom. The van der Waals surface area contributed by atoms with Crippen LogP contribution in [0, 0.1) is 17.7 Å². The molecule has 1 saturated carbocycles. The van der Waals surface area contributed by atoms with Gasteiger partial charge in [-0.25, -0.2) is 4.39 Å². The van der Waals surface area contributed by atoms with Crippen LogP contribution in [0.5, 0.6) is 5.75 Å². The average Bonchev–Trinajstić information content (AvgIpc) is 2.92. The summed E-state index contributed by atoms with van der Waals surface area (Å²) >= 11 is 0. The van der Waals surface area contributed by atoms with Crippen LogP contribution in [-0.2, 0) is 25.6 Å². The second-order valence-electron chi connectivity index (χ2n) is 10.8. The summed E-state index contributed by atoms with van der Waals surface area (Å²) in [6, 6.07) is 8.42. The van der Waals surface area contributed by atoms with Crippen molar-refractivity contribution in [2.75, 3.05) is 31.3 Å². The molecule has 0 unspecified atom stereocenters. The minimum Gasteiger partial charge on any atom is -0.508 e. The van der Waals surface area contributed by atoms with E-state index < -0.39 is 86.7 Å². The fourth-order valence-corrected chi connectivity index (χ4v) is 6.29. The lowest BCUT2D eigenvalue weighted by molar-refractivity contribution is -0.153. The lowest BCUT2D eigenvalue weighted by Crippen LogP contribution is -2.65. The van der Waals surface area contributed by atoms with Crippen molar-refractivity contribution in [1.82, 2.24) is 4.90 Å². The summed E-state index contributed by atoms with van der Waals surface area (Å²) in [7, 11) is 2.96. The molecule has 1 fully saturated rings. The third kappa shape index (κ3) is 5.25. The van der Waals surface area contributed by atoms with Gasteiger partial charge in [0.15, 0.2) is 17.1 Å². The predicted octanol–water partition coefficient (Wildman–Crippen LogP) is 2.00. The van der Waals surface area contributed by atoms with Crippen LogP contribution >= 0.6 is 24.8 Å². The third-order valence-corrected chi connectivity index (χ3v) is 8.17. The van der Waals surface area contributed by atoms with E-state index >= 15 is 4.39 Å². The van der Waals surface area contributed by atoms with E-state index in [0.29, 0.717) is 5.69 Å². The van der Waals surface area contributed by atoms with Gasteiger partial charge in [-0.1, -0.05) is 18.2 Å². The number of likely N-dealkylation sites (N-methyl/N-ethyl adjacent to an activating group) is 1. The monoisotopic (exact) mass is 652 g/mol. The fourth-order valence-electron chi connectivity index (χ4n) is 6.29. The normalized spacial score (nSPS) is 24.0. The number of rotatable bonds is 6. The van der Waals surface area contributed by atoms with Crippen LogP contribution < -0.4 is 16.4 Å². The number of phenolic OH excluding ortho intramolecular Hbond substituents is 1. The molecular formula is C29H31Cl2FN4O8. The number of hydrogen-bond acceptors (Lipinski definition) is 10. The van der Waals surface area contributed by atoms with Gasteiger partial charge in [-0.15, -0.1) is 24.8 Å². The van der Waals surface area contributed by atoms with Crippen LogP contribution in [0.4, 0.5) is 15.8 Å². The largest absolute Gasteiger partial charge is 0.508 e. The Labute approximate surface area is 263 Å². The van der Waals surface area contributed by atoms with Gasteiger partial charge >= 0.3 is 0 Å². The van der Waals surface area contributed by atoms with Crippen molar-refractivity contribution in [3.63, 3.8) is 0 Å². The molecule has 0 aliphatic heterocycles. The summed E-state index contributed by atoms with van der Waals surface area (Å²) in [5.41, 5.74) is 0.820. The Hall–Kier alpha value is -4.17. The Balaban J connectivity index is 0.00000264. The molecule has 0 aromatic heterocycles. The molecule has 0 spiro atoms. The molecule has 3 aliphatic rings.